The Morgan fingerprint density at radius 1 is 0.677 bits per heavy atom. The second-order valence-electron chi connectivity index (χ2n) is 9.74. The largest absolute Gasteiger partial charge is 0.290 e. The van der Waals surface area contributed by atoms with Crippen molar-refractivity contribution in [1.82, 2.24) is 19.9 Å². The number of hydrogen-bond acceptors (Lipinski definition) is 6. The predicted octanol–water partition coefficient (Wildman–Crippen LogP) is 4.51. The number of aryl methyl sites for hydroxylation is 4. The van der Waals surface area contributed by atoms with Crippen molar-refractivity contribution in [1.29, 1.82) is 0 Å². The lowest BCUT2D eigenvalue weighted by molar-refractivity contribution is -0.816. The average Bonchev–Trinajstić information content (AvgIpc) is 2.62. The Labute approximate surface area is 185 Å². The molecule has 1 N–H and O–H groups in total. The van der Waals surface area contributed by atoms with Crippen LogP contribution in [0.3, 0.4) is 0 Å². The molecule has 0 saturated carbocycles. The number of hydroxylamine groups is 1. The van der Waals surface area contributed by atoms with E-state index in [0.717, 1.165) is 44.6 Å². The molecule has 0 fully saturated rings. The predicted molar refractivity (Wildman–Crippen MR) is 126 cm³/mol. The lowest BCUT2D eigenvalue weighted by Crippen LogP contribution is -2.31. The van der Waals surface area contributed by atoms with Gasteiger partial charge in [-0.15, -0.1) is 0 Å². The molecule has 0 aromatic carbocycles. The zero-order valence-electron chi connectivity index (χ0n) is 20.4. The molecule has 166 valence electrons. The number of nitrogens with zero attached hydrogens (tertiary/aromatic N) is 6. The van der Waals surface area contributed by atoms with Gasteiger partial charge < -0.3 is 0 Å². The van der Waals surface area contributed by atoms with Gasteiger partial charge in [0.2, 0.25) is 11.8 Å². The first-order chi connectivity index (χ1) is 14.2. The summed E-state index contributed by atoms with van der Waals surface area (Å²) < 4.78 is 1.16. The topological polar surface area (TPSA) is 87.2 Å². The van der Waals surface area contributed by atoms with Crippen molar-refractivity contribution < 1.29 is 9.95 Å². The molecule has 31 heavy (non-hydrogen) atoms. The van der Waals surface area contributed by atoms with Gasteiger partial charge in [-0.25, -0.2) is 19.9 Å². The van der Waals surface area contributed by atoms with Crippen LogP contribution in [0.15, 0.2) is 4.99 Å². The summed E-state index contributed by atoms with van der Waals surface area (Å²) in [4.78, 5) is 23.2. The molecule has 0 aliphatic rings. The van der Waals surface area contributed by atoms with Crippen LogP contribution < -0.4 is 0 Å². The summed E-state index contributed by atoms with van der Waals surface area (Å²) in [5.74, 6) is 0. The van der Waals surface area contributed by atoms with Crippen molar-refractivity contribution in [2.24, 2.45) is 4.99 Å². The SMILES string of the molecule is Cc1nc(/C=C/c2nc(C)c(/C=N/C(C)(C)C)nc2C)c(C)nc1/C=[N+](\O)C(C)(C)C. The molecular formula is C24H35N6O+. The van der Waals surface area contributed by atoms with Crippen molar-refractivity contribution in [3.63, 3.8) is 0 Å². The van der Waals surface area contributed by atoms with Crippen LogP contribution in [0.2, 0.25) is 0 Å². The molecule has 2 heterocycles. The van der Waals surface area contributed by atoms with Gasteiger partial charge in [-0.1, -0.05) is 0 Å². The molecule has 0 saturated heterocycles. The summed E-state index contributed by atoms with van der Waals surface area (Å²) in [5.41, 5.74) is 5.55. The molecule has 2 aromatic heterocycles. The van der Waals surface area contributed by atoms with Crippen LogP contribution in [0.1, 0.15) is 87.1 Å². The number of aromatic nitrogens is 4. The first kappa shape index (κ1) is 24.3. The molecule has 0 amide bonds. The van der Waals surface area contributed by atoms with E-state index in [1.165, 1.54) is 0 Å². The lowest BCUT2D eigenvalue weighted by atomic mass is 10.1. The molecule has 7 nitrogen and oxygen atoms in total. The van der Waals surface area contributed by atoms with E-state index in [-0.39, 0.29) is 5.54 Å². The van der Waals surface area contributed by atoms with Crippen molar-refractivity contribution >= 4 is 24.6 Å². The minimum absolute atomic E-state index is 0.155. The normalized spacial score (nSPS) is 13.5. The van der Waals surface area contributed by atoms with Crippen molar-refractivity contribution in [2.45, 2.75) is 80.3 Å². The third kappa shape index (κ3) is 6.77. The molecule has 0 atom stereocenters. The van der Waals surface area contributed by atoms with Gasteiger partial charge in [0, 0.05) is 27.0 Å². The molecule has 2 rings (SSSR count). The molecule has 0 unspecified atom stereocenters. The zero-order chi connectivity index (χ0) is 23.6. The molecule has 0 aliphatic carbocycles. The molecule has 7 heteroatoms. The zero-order valence-corrected chi connectivity index (χ0v) is 20.4. The summed E-state index contributed by atoms with van der Waals surface area (Å²) in [6, 6.07) is 0. The summed E-state index contributed by atoms with van der Waals surface area (Å²) in [5, 5.41) is 10.2. The highest BCUT2D eigenvalue weighted by Crippen LogP contribution is 2.15. The summed E-state index contributed by atoms with van der Waals surface area (Å²) in [6.07, 6.45) is 7.21. The highest BCUT2D eigenvalue weighted by Gasteiger charge is 2.25. The van der Waals surface area contributed by atoms with E-state index in [1.807, 2.05) is 81.4 Å². The van der Waals surface area contributed by atoms with Crippen LogP contribution in [0.5, 0.6) is 0 Å². The monoisotopic (exact) mass is 423 g/mol. The van der Waals surface area contributed by atoms with Gasteiger partial charge in [-0.2, -0.15) is 0 Å². The second-order valence-corrected chi connectivity index (χ2v) is 9.74. The van der Waals surface area contributed by atoms with Crippen LogP contribution in [0.25, 0.3) is 12.2 Å². The van der Waals surface area contributed by atoms with E-state index >= 15 is 0 Å². The fraction of sp³-hybridized carbons (Fsp3) is 0.500. The molecule has 0 aliphatic heterocycles. The summed E-state index contributed by atoms with van der Waals surface area (Å²) in [6.45, 7) is 19.5. The minimum Gasteiger partial charge on any atom is -0.290 e. The summed E-state index contributed by atoms with van der Waals surface area (Å²) in [7, 11) is 0. The lowest BCUT2D eigenvalue weighted by Gasteiger charge is -2.11. The highest BCUT2D eigenvalue weighted by molar-refractivity contribution is 5.79. The Kier molecular flexibility index (Phi) is 7.09. The van der Waals surface area contributed by atoms with Gasteiger partial charge in [-0.05, 0) is 65.4 Å². The van der Waals surface area contributed by atoms with Crippen molar-refractivity contribution in [3.05, 3.63) is 45.6 Å². The minimum atomic E-state index is -0.418. The summed E-state index contributed by atoms with van der Waals surface area (Å²) >= 11 is 0. The fourth-order valence-corrected chi connectivity index (χ4v) is 2.56. The quantitative estimate of drug-likeness (QED) is 0.338. The Hall–Kier alpha value is -2.96. The molecular weight excluding hydrogens is 388 g/mol. The average molecular weight is 424 g/mol. The van der Waals surface area contributed by atoms with Crippen LogP contribution >= 0.6 is 0 Å². The molecule has 0 bridgehead atoms. The fourth-order valence-electron chi connectivity index (χ4n) is 2.56. The Balaban J connectivity index is 2.35. The second kappa shape index (κ2) is 9.04. The number of rotatable bonds is 4. The van der Waals surface area contributed by atoms with E-state index in [0.29, 0.717) is 5.69 Å². The first-order valence-corrected chi connectivity index (χ1v) is 10.4. The van der Waals surface area contributed by atoms with E-state index in [9.17, 15) is 5.21 Å². The smallest absolute Gasteiger partial charge is 0.243 e. The van der Waals surface area contributed by atoms with Gasteiger partial charge in [0.05, 0.1) is 39.7 Å². The molecule has 2 aromatic rings. The van der Waals surface area contributed by atoms with Gasteiger partial charge >= 0.3 is 0 Å². The Morgan fingerprint density at radius 2 is 1.06 bits per heavy atom. The van der Waals surface area contributed by atoms with Crippen LogP contribution in [0.4, 0.5) is 0 Å². The van der Waals surface area contributed by atoms with E-state index < -0.39 is 5.54 Å². The maximum atomic E-state index is 10.2. The highest BCUT2D eigenvalue weighted by atomic mass is 16.5. The van der Waals surface area contributed by atoms with Crippen LogP contribution in [-0.4, -0.2) is 53.4 Å². The van der Waals surface area contributed by atoms with Crippen molar-refractivity contribution in [2.75, 3.05) is 0 Å². The molecule has 0 radical (unpaired) electrons. The Morgan fingerprint density at radius 3 is 1.52 bits per heavy atom. The van der Waals surface area contributed by atoms with E-state index in [2.05, 4.69) is 24.9 Å². The Bertz CT molecular complexity index is 1050. The number of hydrogen-bond donors (Lipinski definition) is 1. The van der Waals surface area contributed by atoms with Crippen LogP contribution in [0, 0.1) is 27.7 Å². The third-order valence-electron chi connectivity index (χ3n) is 4.54. The van der Waals surface area contributed by atoms with Gasteiger partial charge in [0.25, 0.3) is 0 Å². The van der Waals surface area contributed by atoms with E-state index in [4.69, 9.17) is 0 Å². The number of aliphatic imine (C=N–C) groups is 1. The maximum Gasteiger partial charge on any atom is 0.243 e. The van der Waals surface area contributed by atoms with Crippen LogP contribution in [-0.2, 0) is 0 Å². The molecule has 0 spiro atoms. The third-order valence-corrected chi connectivity index (χ3v) is 4.54. The first-order valence-electron chi connectivity index (χ1n) is 10.4. The van der Waals surface area contributed by atoms with Gasteiger partial charge in [0.1, 0.15) is 5.69 Å². The van der Waals surface area contributed by atoms with Crippen molar-refractivity contribution in [3.8, 4) is 0 Å². The van der Waals surface area contributed by atoms with Gasteiger partial charge in [0.15, 0.2) is 5.69 Å². The van der Waals surface area contributed by atoms with Gasteiger partial charge in [-0.3, -0.25) is 10.2 Å². The van der Waals surface area contributed by atoms with E-state index in [1.54, 1.807) is 12.4 Å². The standard InChI is InChI=1S/C24H35N6O/c1-15-19(26-17(3)21(28-15)13-25-23(5,6)7)11-12-20-16(2)29-22(18(4)27-20)14-30(31)24(8,9)10/h11-14,31H,1-10H3/q+1/b25-13+. The maximum absolute atomic E-state index is 10.2.